The van der Waals surface area contributed by atoms with Gasteiger partial charge in [0.2, 0.25) is 5.78 Å². The highest BCUT2D eigenvalue weighted by Crippen LogP contribution is 2.43. The van der Waals surface area contributed by atoms with Crippen LogP contribution in [0.5, 0.6) is 0 Å². The molecule has 0 spiro atoms. The molecule has 2 aliphatic heterocycles. The van der Waals surface area contributed by atoms with Crippen molar-refractivity contribution in [2.45, 2.75) is 18.9 Å². The fourth-order valence-corrected chi connectivity index (χ4v) is 4.43. The zero-order valence-corrected chi connectivity index (χ0v) is 17.2. The van der Waals surface area contributed by atoms with Gasteiger partial charge in [-0.05, 0) is 55.3 Å². The van der Waals surface area contributed by atoms with Crippen molar-refractivity contribution < 1.29 is 23.5 Å². The molecule has 6 nitrogen and oxygen atoms in total. The number of ketones is 1. The lowest BCUT2D eigenvalue weighted by molar-refractivity contribution is -0.117. The Labute approximate surface area is 184 Å². The molecule has 5 rings (SSSR count). The molecular weight excluding hydrogens is 411 g/mol. The van der Waals surface area contributed by atoms with Crippen LogP contribution in [0.1, 0.15) is 35.0 Å². The van der Waals surface area contributed by atoms with Gasteiger partial charge in [-0.3, -0.25) is 14.5 Å². The maximum Gasteiger partial charge on any atom is 0.294 e. The largest absolute Gasteiger partial charge is 0.503 e. The minimum absolute atomic E-state index is 0.0353. The van der Waals surface area contributed by atoms with Crippen molar-refractivity contribution in [1.82, 2.24) is 0 Å². The zero-order valence-electron chi connectivity index (χ0n) is 17.2. The molecule has 0 radical (unpaired) electrons. The second-order valence-corrected chi connectivity index (χ2v) is 7.88. The third kappa shape index (κ3) is 3.26. The van der Waals surface area contributed by atoms with Gasteiger partial charge in [0.1, 0.15) is 5.82 Å². The number of Topliss-reactive ketones (excluding diaryl/α,β-unsaturated/α-hetero) is 1. The second kappa shape index (κ2) is 8.00. The molecule has 0 bridgehead atoms. The summed E-state index contributed by atoms with van der Waals surface area (Å²) in [5, 5.41) is 10.7. The van der Waals surface area contributed by atoms with Gasteiger partial charge in [-0.25, -0.2) is 4.39 Å². The number of benzene rings is 2. The monoisotopic (exact) mass is 432 g/mol. The summed E-state index contributed by atoms with van der Waals surface area (Å²) in [5.41, 5.74) is 1.39. The molecule has 1 atom stereocenters. The van der Waals surface area contributed by atoms with Gasteiger partial charge in [0, 0.05) is 30.0 Å². The van der Waals surface area contributed by atoms with Crippen molar-refractivity contribution in [3.8, 4) is 0 Å². The predicted octanol–water partition coefficient (Wildman–Crippen LogP) is 4.80. The van der Waals surface area contributed by atoms with Gasteiger partial charge in [-0.2, -0.15) is 0 Å². The molecular formula is C25H21FN2O4. The Morgan fingerprint density at radius 1 is 0.969 bits per heavy atom. The number of halogens is 1. The van der Waals surface area contributed by atoms with Crippen LogP contribution in [0.15, 0.2) is 82.7 Å². The highest BCUT2D eigenvalue weighted by molar-refractivity contribution is 6.20. The van der Waals surface area contributed by atoms with Gasteiger partial charge >= 0.3 is 0 Å². The lowest BCUT2D eigenvalue weighted by Gasteiger charge is -2.27. The predicted molar refractivity (Wildman–Crippen MR) is 117 cm³/mol. The Morgan fingerprint density at radius 2 is 1.66 bits per heavy atom. The number of aliphatic hydroxyl groups excluding tert-OH is 1. The smallest absolute Gasteiger partial charge is 0.294 e. The Balaban J connectivity index is 1.59. The molecule has 3 aromatic rings. The number of nitrogens with zero attached hydrogens (tertiary/aromatic N) is 2. The third-order valence-electron chi connectivity index (χ3n) is 6.00. The summed E-state index contributed by atoms with van der Waals surface area (Å²) >= 11 is 0. The van der Waals surface area contributed by atoms with Crippen LogP contribution in [-0.2, 0) is 4.79 Å². The Kier molecular flexibility index (Phi) is 5.01. The van der Waals surface area contributed by atoms with Crippen molar-refractivity contribution >= 4 is 23.1 Å². The van der Waals surface area contributed by atoms with E-state index in [0.717, 1.165) is 31.6 Å². The Bertz CT molecular complexity index is 1190. The number of carbonyl (C=O) groups excluding carboxylic acids is 2. The lowest BCUT2D eigenvalue weighted by atomic mass is 9.94. The van der Waals surface area contributed by atoms with Crippen LogP contribution in [0.4, 0.5) is 15.8 Å². The average molecular weight is 432 g/mol. The van der Waals surface area contributed by atoms with Crippen LogP contribution >= 0.6 is 0 Å². The van der Waals surface area contributed by atoms with E-state index in [0.29, 0.717) is 5.69 Å². The molecule has 2 aromatic carbocycles. The maximum absolute atomic E-state index is 14.8. The Hall–Kier alpha value is -3.87. The van der Waals surface area contributed by atoms with Gasteiger partial charge in [-0.15, -0.1) is 0 Å². The Morgan fingerprint density at radius 3 is 2.31 bits per heavy atom. The molecule has 0 aliphatic carbocycles. The summed E-state index contributed by atoms with van der Waals surface area (Å²) in [4.78, 5) is 29.8. The first-order chi connectivity index (χ1) is 15.6. The molecule has 1 fully saturated rings. The van der Waals surface area contributed by atoms with Crippen molar-refractivity contribution in [3.05, 3.63) is 95.4 Å². The minimum atomic E-state index is -1.13. The number of carbonyl (C=O) groups is 2. The molecule has 0 saturated carbocycles. The topological polar surface area (TPSA) is 74.0 Å². The molecule has 1 aromatic heterocycles. The van der Waals surface area contributed by atoms with E-state index in [2.05, 4.69) is 4.90 Å². The number of rotatable bonds is 5. The SMILES string of the molecule is O=C(C1=C(O)C(=O)N(c2ccc(N3CCCC3)cc2)C1c1ccccc1F)c1ccco1. The van der Waals surface area contributed by atoms with E-state index in [1.54, 1.807) is 18.2 Å². The number of amides is 1. The van der Waals surface area contributed by atoms with Gasteiger partial charge in [0.25, 0.3) is 5.91 Å². The standard InChI is InChI=1S/C25H21FN2O4/c26-19-7-2-1-6-18(19)22-21(23(29)20-8-5-15-32-20)24(30)25(31)28(22)17-11-9-16(10-12-17)27-13-3-4-14-27/h1-2,5-12,15,22,30H,3-4,13-14H2. The van der Waals surface area contributed by atoms with Crippen LogP contribution in [-0.4, -0.2) is 29.9 Å². The van der Waals surface area contributed by atoms with Crippen LogP contribution in [0, 0.1) is 5.82 Å². The van der Waals surface area contributed by atoms with Gasteiger partial charge in [0.05, 0.1) is 17.9 Å². The second-order valence-electron chi connectivity index (χ2n) is 7.88. The number of anilines is 2. The quantitative estimate of drug-likeness (QED) is 0.586. The molecule has 1 unspecified atom stereocenters. The van der Waals surface area contributed by atoms with Gasteiger partial charge in [-0.1, -0.05) is 18.2 Å². The number of hydrogen-bond donors (Lipinski definition) is 1. The molecule has 1 saturated heterocycles. The van der Waals surface area contributed by atoms with E-state index in [-0.39, 0.29) is 16.9 Å². The summed E-state index contributed by atoms with van der Waals surface area (Å²) in [6.45, 7) is 1.95. The van der Waals surface area contributed by atoms with E-state index >= 15 is 0 Å². The maximum atomic E-state index is 14.8. The van der Waals surface area contributed by atoms with Crippen molar-refractivity contribution in [1.29, 1.82) is 0 Å². The molecule has 162 valence electrons. The molecule has 32 heavy (non-hydrogen) atoms. The molecule has 1 amide bonds. The summed E-state index contributed by atoms with van der Waals surface area (Å²) in [6, 6.07) is 15.1. The van der Waals surface area contributed by atoms with Crippen molar-refractivity contribution in [2.75, 3.05) is 22.9 Å². The third-order valence-corrected chi connectivity index (χ3v) is 6.00. The number of furan rings is 1. The van der Waals surface area contributed by atoms with E-state index in [1.807, 2.05) is 12.1 Å². The van der Waals surface area contributed by atoms with E-state index in [4.69, 9.17) is 4.42 Å². The highest BCUT2D eigenvalue weighted by Gasteiger charge is 2.46. The van der Waals surface area contributed by atoms with Crippen LogP contribution in [0.25, 0.3) is 0 Å². The summed E-state index contributed by atoms with van der Waals surface area (Å²) in [7, 11) is 0. The zero-order chi connectivity index (χ0) is 22.2. The molecule has 3 heterocycles. The number of hydrogen-bond acceptors (Lipinski definition) is 5. The fraction of sp³-hybridized carbons (Fsp3) is 0.200. The normalized spacial score (nSPS) is 18.7. The molecule has 1 N–H and O–H groups in total. The minimum Gasteiger partial charge on any atom is -0.503 e. The summed E-state index contributed by atoms with van der Waals surface area (Å²) < 4.78 is 20.0. The van der Waals surface area contributed by atoms with Crippen LogP contribution in [0.2, 0.25) is 0 Å². The van der Waals surface area contributed by atoms with Crippen LogP contribution in [0.3, 0.4) is 0 Å². The van der Waals surface area contributed by atoms with E-state index < -0.39 is 29.3 Å². The van der Waals surface area contributed by atoms with Gasteiger partial charge < -0.3 is 14.4 Å². The van der Waals surface area contributed by atoms with E-state index in [1.165, 1.54) is 41.5 Å². The molecule has 7 heteroatoms. The summed E-state index contributed by atoms with van der Waals surface area (Å²) in [6.07, 6.45) is 3.60. The first kappa shape index (κ1) is 20.1. The lowest BCUT2D eigenvalue weighted by Crippen LogP contribution is -2.31. The molecule has 2 aliphatic rings. The first-order valence-corrected chi connectivity index (χ1v) is 10.5. The number of aliphatic hydroxyl groups is 1. The van der Waals surface area contributed by atoms with Crippen molar-refractivity contribution in [2.24, 2.45) is 0 Å². The summed E-state index contributed by atoms with van der Waals surface area (Å²) in [5.74, 6) is -2.74. The first-order valence-electron chi connectivity index (χ1n) is 10.5. The van der Waals surface area contributed by atoms with Crippen LogP contribution < -0.4 is 9.80 Å². The van der Waals surface area contributed by atoms with E-state index in [9.17, 15) is 19.1 Å². The fourth-order valence-electron chi connectivity index (χ4n) is 4.43. The highest BCUT2D eigenvalue weighted by atomic mass is 19.1. The van der Waals surface area contributed by atoms with Gasteiger partial charge in [0.15, 0.2) is 11.5 Å². The van der Waals surface area contributed by atoms with Crippen molar-refractivity contribution in [3.63, 3.8) is 0 Å². The average Bonchev–Trinajstić information content (AvgIpc) is 3.57.